The third-order valence-corrected chi connectivity index (χ3v) is 4.07. The lowest BCUT2D eigenvalue weighted by Crippen LogP contribution is -2.36. The maximum atomic E-state index is 11.9. The minimum absolute atomic E-state index is 0.0363. The van der Waals surface area contributed by atoms with Crippen LogP contribution in [0.2, 0.25) is 0 Å². The van der Waals surface area contributed by atoms with E-state index in [1.807, 2.05) is 55.9 Å². The molecule has 0 bridgehead atoms. The molecule has 0 radical (unpaired) electrons. The molecule has 0 fully saturated rings. The van der Waals surface area contributed by atoms with Crippen molar-refractivity contribution in [1.29, 1.82) is 0 Å². The van der Waals surface area contributed by atoms with Gasteiger partial charge in [0.05, 0.1) is 6.04 Å². The summed E-state index contributed by atoms with van der Waals surface area (Å²) in [6.45, 7) is 0.610. The van der Waals surface area contributed by atoms with E-state index >= 15 is 0 Å². The van der Waals surface area contributed by atoms with Crippen molar-refractivity contribution in [2.45, 2.75) is 6.04 Å². The molecule has 4 nitrogen and oxygen atoms in total. The molecule has 2 rings (SSSR count). The summed E-state index contributed by atoms with van der Waals surface area (Å²) >= 11 is 1.70. The SMILES string of the molecule is CN(C)C(CNC(=O)COc1ccccc1)c1cccs1. The molecule has 0 aliphatic carbocycles. The van der Waals surface area contributed by atoms with Gasteiger partial charge in [0.25, 0.3) is 5.91 Å². The highest BCUT2D eigenvalue weighted by atomic mass is 32.1. The highest BCUT2D eigenvalue weighted by Gasteiger charge is 2.16. The molecule has 2 aromatic rings. The van der Waals surface area contributed by atoms with Gasteiger partial charge in [-0.1, -0.05) is 24.3 Å². The summed E-state index contributed by atoms with van der Waals surface area (Å²) in [6.07, 6.45) is 0. The van der Waals surface area contributed by atoms with Gasteiger partial charge in [0.2, 0.25) is 0 Å². The highest BCUT2D eigenvalue weighted by molar-refractivity contribution is 7.10. The van der Waals surface area contributed by atoms with E-state index in [1.54, 1.807) is 11.3 Å². The standard InChI is InChI=1S/C16H20N2O2S/c1-18(2)14(15-9-6-10-21-15)11-17-16(19)12-20-13-7-4-3-5-8-13/h3-10,14H,11-12H2,1-2H3,(H,17,19). The minimum atomic E-state index is -0.109. The Bertz CT molecular complexity index is 541. The fourth-order valence-corrected chi connectivity index (χ4v) is 2.87. The molecule has 0 spiro atoms. The second kappa shape index (κ2) is 7.81. The van der Waals surface area contributed by atoms with Crippen LogP contribution in [0, 0.1) is 0 Å². The van der Waals surface area contributed by atoms with E-state index in [4.69, 9.17) is 4.74 Å². The van der Waals surface area contributed by atoms with Crippen LogP contribution >= 0.6 is 11.3 Å². The summed E-state index contributed by atoms with van der Waals surface area (Å²) in [7, 11) is 4.02. The second-order valence-corrected chi connectivity index (χ2v) is 5.88. The van der Waals surface area contributed by atoms with Crippen molar-refractivity contribution in [3.63, 3.8) is 0 Å². The van der Waals surface area contributed by atoms with Gasteiger partial charge in [-0.25, -0.2) is 0 Å². The maximum Gasteiger partial charge on any atom is 0.258 e. The molecule has 1 atom stereocenters. The molecule has 1 N–H and O–H groups in total. The monoisotopic (exact) mass is 304 g/mol. The Labute approximate surface area is 129 Å². The second-order valence-electron chi connectivity index (χ2n) is 4.90. The normalized spacial score (nSPS) is 12.1. The van der Waals surface area contributed by atoms with Gasteiger partial charge in [0.15, 0.2) is 6.61 Å². The van der Waals surface area contributed by atoms with Gasteiger partial charge >= 0.3 is 0 Å². The Morgan fingerprint density at radius 2 is 2.00 bits per heavy atom. The average Bonchev–Trinajstić information content (AvgIpc) is 3.00. The zero-order valence-electron chi connectivity index (χ0n) is 12.3. The topological polar surface area (TPSA) is 41.6 Å². The van der Waals surface area contributed by atoms with Crippen molar-refractivity contribution in [3.8, 4) is 5.75 Å². The van der Waals surface area contributed by atoms with Crippen molar-refractivity contribution < 1.29 is 9.53 Å². The molecule has 1 heterocycles. The lowest BCUT2D eigenvalue weighted by atomic mass is 10.2. The van der Waals surface area contributed by atoms with Gasteiger partial charge in [-0.15, -0.1) is 11.3 Å². The number of hydrogen-bond acceptors (Lipinski definition) is 4. The van der Waals surface area contributed by atoms with Crippen LogP contribution in [-0.2, 0) is 4.79 Å². The fraction of sp³-hybridized carbons (Fsp3) is 0.312. The molecule has 0 saturated heterocycles. The number of amides is 1. The van der Waals surface area contributed by atoms with Crippen LogP contribution in [-0.4, -0.2) is 38.1 Å². The molecular weight excluding hydrogens is 284 g/mol. The molecule has 1 aromatic carbocycles. The Kier molecular flexibility index (Phi) is 5.78. The summed E-state index contributed by atoms with van der Waals surface area (Å²) in [5.41, 5.74) is 0. The number of para-hydroxylation sites is 1. The van der Waals surface area contributed by atoms with E-state index in [1.165, 1.54) is 4.88 Å². The first-order chi connectivity index (χ1) is 10.2. The quantitative estimate of drug-likeness (QED) is 0.855. The number of hydrogen-bond donors (Lipinski definition) is 1. The first-order valence-corrected chi connectivity index (χ1v) is 7.69. The molecule has 0 saturated carbocycles. The van der Waals surface area contributed by atoms with E-state index in [-0.39, 0.29) is 18.6 Å². The number of ether oxygens (including phenoxy) is 1. The highest BCUT2D eigenvalue weighted by Crippen LogP contribution is 2.22. The molecule has 1 amide bonds. The number of carbonyl (C=O) groups excluding carboxylic acids is 1. The fourth-order valence-electron chi connectivity index (χ4n) is 1.95. The molecule has 21 heavy (non-hydrogen) atoms. The molecule has 112 valence electrons. The van der Waals surface area contributed by atoms with Crippen LogP contribution < -0.4 is 10.1 Å². The van der Waals surface area contributed by atoms with E-state index < -0.39 is 0 Å². The Balaban J connectivity index is 1.80. The van der Waals surface area contributed by atoms with Gasteiger partial charge in [-0.3, -0.25) is 4.79 Å². The van der Waals surface area contributed by atoms with Gasteiger partial charge < -0.3 is 15.0 Å². The summed E-state index contributed by atoms with van der Waals surface area (Å²) in [6, 6.07) is 13.6. The minimum Gasteiger partial charge on any atom is -0.484 e. The predicted molar refractivity (Wildman–Crippen MR) is 85.7 cm³/mol. The molecule has 0 aliphatic heterocycles. The van der Waals surface area contributed by atoms with E-state index in [0.29, 0.717) is 12.3 Å². The van der Waals surface area contributed by atoms with Crippen LogP contribution in [0.15, 0.2) is 47.8 Å². The van der Waals surface area contributed by atoms with Crippen molar-refractivity contribution >= 4 is 17.2 Å². The number of nitrogens with zero attached hydrogens (tertiary/aromatic N) is 1. The lowest BCUT2D eigenvalue weighted by Gasteiger charge is -2.23. The number of carbonyl (C=O) groups is 1. The first-order valence-electron chi connectivity index (χ1n) is 6.81. The number of likely N-dealkylation sites (N-methyl/N-ethyl adjacent to an activating group) is 1. The Morgan fingerprint density at radius 3 is 2.62 bits per heavy atom. The van der Waals surface area contributed by atoms with Gasteiger partial charge in [0, 0.05) is 11.4 Å². The van der Waals surface area contributed by atoms with E-state index in [2.05, 4.69) is 16.3 Å². The zero-order valence-corrected chi connectivity index (χ0v) is 13.1. The number of thiophene rings is 1. The summed E-state index contributed by atoms with van der Waals surface area (Å²) in [5, 5.41) is 4.97. The van der Waals surface area contributed by atoms with Crippen LogP contribution in [0.3, 0.4) is 0 Å². The predicted octanol–water partition coefficient (Wildman–Crippen LogP) is 2.55. The van der Waals surface area contributed by atoms with Crippen LogP contribution in [0.4, 0.5) is 0 Å². The maximum absolute atomic E-state index is 11.9. The summed E-state index contributed by atoms with van der Waals surface area (Å²) in [4.78, 5) is 15.2. The zero-order chi connectivity index (χ0) is 15.1. The summed E-state index contributed by atoms with van der Waals surface area (Å²) in [5.74, 6) is 0.595. The third kappa shape index (κ3) is 4.88. The average molecular weight is 304 g/mol. The number of rotatable bonds is 7. The summed E-state index contributed by atoms with van der Waals surface area (Å²) < 4.78 is 5.43. The number of nitrogens with one attached hydrogen (secondary N) is 1. The van der Waals surface area contributed by atoms with Crippen LogP contribution in [0.5, 0.6) is 5.75 Å². The smallest absolute Gasteiger partial charge is 0.258 e. The lowest BCUT2D eigenvalue weighted by molar-refractivity contribution is -0.123. The number of benzene rings is 1. The van der Waals surface area contributed by atoms with Crippen LogP contribution in [0.25, 0.3) is 0 Å². The van der Waals surface area contributed by atoms with E-state index in [0.717, 1.165) is 0 Å². The molecular formula is C16H20N2O2S. The molecule has 0 aliphatic rings. The van der Waals surface area contributed by atoms with E-state index in [9.17, 15) is 4.79 Å². The van der Waals surface area contributed by atoms with Crippen molar-refractivity contribution in [3.05, 3.63) is 52.7 Å². The van der Waals surface area contributed by atoms with Crippen molar-refractivity contribution in [1.82, 2.24) is 10.2 Å². The molecule has 1 unspecified atom stereocenters. The largest absolute Gasteiger partial charge is 0.484 e. The van der Waals surface area contributed by atoms with Gasteiger partial charge in [0.1, 0.15) is 5.75 Å². The van der Waals surface area contributed by atoms with Gasteiger partial charge in [-0.05, 0) is 37.7 Å². The van der Waals surface area contributed by atoms with Gasteiger partial charge in [-0.2, -0.15) is 0 Å². The first kappa shape index (κ1) is 15.5. The molecule has 5 heteroatoms. The molecule has 1 aromatic heterocycles. The third-order valence-electron chi connectivity index (χ3n) is 3.10. The van der Waals surface area contributed by atoms with Crippen molar-refractivity contribution in [2.24, 2.45) is 0 Å². The Morgan fingerprint density at radius 1 is 1.24 bits per heavy atom. The van der Waals surface area contributed by atoms with Crippen LogP contribution in [0.1, 0.15) is 10.9 Å². The Hall–Kier alpha value is -1.85. The van der Waals surface area contributed by atoms with Crippen molar-refractivity contribution in [2.75, 3.05) is 27.2 Å².